The van der Waals surface area contributed by atoms with Crippen LogP contribution in [0.1, 0.15) is 5.56 Å². The Bertz CT molecular complexity index is 605. The van der Waals surface area contributed by atoms with Gasteiger partial charge in [0.25, 0.3) is 0 Å². The van der Waals surface area contributed by atoms with Crippen molar-refractivity contribution >= 4 is 23.2 Å². The summed E-state index contributed by atoms with van der Waals surface area (Å²) in [6, 6.07) is 11.3. The molecular formula is C15H12Cl2O2. The molecule has 0 spiro atoms. The standard InChI is InChI=1S/C15H12Cl2O2/c16-12-5-2-6-13(17)14(12)11-4-1-3-9-7-10(8-18)19-15(9)11/h1-6,10,18H,7-8H2/t10-/m1/s1. The fourth-order valence-corrected chi connectivity index (χ4v) is 2.99. The van der Waals surface area contributed by atoms with Crippen molar-refractivity contribution in [3.05, 3.63) is 52.0 Å². The number of fused-ring (bicyclic) bond motifs is 1. The van der Waals surface area contributed by atoms with Crippen molar-refractivity contribution < 1.29 is 9.84 Å². The quantitative estimate of drug-likeness (QED) is 0.908. The predicted octanol–water partition coefficient (Wildman–Crippen LogP) is 3.96. The second-order valence-electron chi connectivity index (χ2n) is 4.52. The van der Waals surface area contributed by atoms with Crippen molar-refractivity contribution in [2.45, 2.75) is 12.5 Å². The van der Waals surface area contributed by atoms with Crippen LogP contribution in [0, 0.1) is 0 Å². The molecule has 0 saturated heterocycles. The molecule has 98 valence electrons. The fraction of sp³-hybridized carbons (Fsp3) is 0.200. The minimum absolute atomic E-state index is 0.00434. The summed E-state index contributed by atoms with van der Waals surface area (Å²) in [6.45, 7) is 0.00434. The normalized spacial score (nSPS) is 17.1. The highest BCUT2D eigenvalue weighted by Crippen LogP contribution is 2.43. The van der Waals surface area contributed by atoms with Crippen molar-refractivity contribution in [1.82, 2.24) is 0 Å². The molecule has 1 aliphatic heterocycles. The molecule has 3 rings (SSSR count). The smallest absolute Gasteiger partial charge is 0.131 e. The summed E-state index contributed by atoms with van der Waals surface area (Å²) in [7, 11) is 0. The molecule has 1 N–H and O–H groups in total. The zero-order valence-electron chi connectivity index (χ0n) is 10.1. The van der Waals surface area contributed by atoms with Gasteiger partial charge in [0.1, 0.15) is 11.9 Å². The van der Waals surface area contributed by atoms with E-state index in [2.05, 4.69) is 0 Å². The molecule has 2 aromatic carbocycles. The van der Waals surface area contributed by atoms with Gasteiger partial charge in [0.2, 0.25) is 0 Å². The first kappa shape index (κ1) is 12.8. The SMILES string of the molecule is OC[C@H]1Cc2cccc(-c3c(Cl)cccc3Cl)c2O1. The zero-order valence-corrected chi connectivity index (χ0v) is 11.6. The van der Waals surface area contributed by atoms with E-state index in [0.717, 1.165) is 22.4 Å². The van der Waals surface area contributed by atoms with Crippen LogP contribution < -0.4 is 4.74 Å². The number of ether oxygens (including phenoxy) is 1. The molecule has 4 heteroatoms. The van der Waals surface area contributed by atoms with E-state index in [1.54, 1.807) is 12.1 Å². The number of rotatable bonds is 2. The van der Waals surface area contributed by atoms with Gasteiger partial charge >= 0.3 is 0 Å². The van der Waals surface area contributed by atoms with Crippen LogP contribution in [0.4, 0.5) is 0 Å². The molecule has 1 aliphatic rings. The molecule has 0 amide bonds. The van der Waals surface area contributed by atoms with Gasteiger partial charge < -0.3 is 9.84 Å². The Balaban J connectivity index is 2.16. The molecule has 2 aromatic rings. The van der Waals surface area contributed by atoms with Crippen LogP contribution >= 0.6 is 23.2 Å². The second-order valence-corrected chi connectivity index (χ2v) is 5.33. The average molecular weight is 295 g/mol. The topological polar surface area (TPSA) is 29.5 Å². The summed E-state index contributed by atoms with van der Waals surface area (Å²) in [6.07, 6.45) is 0.527. The van der Waals surface area contributed by atoms with E-state index in [9.17, 15) is 5.11 Å². The number of aliphatic hydroxyl groups excluding tert-OH is 1. The second kappa shape index (κ2) is 5.04. The van der Waals surface area contributed by atoms with Crippen LogP contribution in [0.2, 0.25) is 10.0 Å². The van der Waals surface area contributed by atoms with Crippen molar-refractivity contribution in [1.29, 1.82) is 0 Å². The molecule has 0 bridgehead atoms. The first-order valence-electron chi connectivity index (χ1n) is 6.04. The van der Waals surface area contributed by atoms with E-state index in [1.807, 2.05) is 24.3 Å². The Labute approximate surface area is 121 Å². The maximum atomic E-state index is 9.23. The van der Waals surface area contributed by atoms with Crippen LogP contribution in [0.25, 0.3) is 11.1 Å². The van der Waals surface area contributed by atoms with Crippen LogP contribution in [0.5, 0.6) is 5.75 Å². The Kier molecular flexibility index (Phi) is 3.40. The molecule has 0 radical (unpaired) electrons. The number of hydrogen-bond donors (Lipinski definition) is 1. The highest BCUT2D eigenvalue weighted by atomic mass is 35.5. The third-order valence-corrected chi connectivity index (χ3v) is 3.89. The van der Waals surface area contributed by atoms with Gasteiger partial charge in [-0.05, 0) is 17.7 Å². The van der Waals surface area contributed by atoms with E-state index in [0.29, 0.717) is 16.5 Å². The highest BCUT2D eigenvalue weighted by molar-refractivity contribution is 6.39. The summed E-state index contributed by atoms with van der Waals surface area (Å²) in [4.78, 5) is 0. The fourth-order valence-electron chi connectivity index (χ4n) is 2.39. The number of para-hydroxylation sites is 1. The average Bonchev–Trinajstić information content (AvgIpc) is 2.82. The molecule has 2 nitrogen and oxygen atoms in total. The Morgan fingerprint density at radius 3 is 2.47 bits per heavy atom. The molecular weight excluding hydrogens is 283 g/mol. The Morgan fingerprint density at radius 1 is 1.11 bits per heavy atom. The van der Waals surface area contributed by atoms with E-state index >= 15 is 0 Å². The minimum Gasteiger partial charge on any atom is -0.487 e. The summed E-state index contributed by atoms with van der Waals surface area (Å²) in [5, 5.41) is 10.4. The Morgan fingerprint density at radius 2 is 1.79 bits per heavy atom. The highest BCUT2D eigenvalue weighted by Gasteiger charge is 2.26. The molecule has 0 aromatic heterocycles. The first-order chi connectivity index (χ1) is 9.20. The van der Waals surface area contributed by atoms with Crippen LogP contribution in [0.3, 0.4) is 0 Å². The first-order valence-corrected chi connectivity index (χ1v) is 6.80. The monoisotopic (exact) mass is 294 g/mol. The summed E-state index contributed by atoms with van der Waals surface area (Å²) in [5.74, 6) is 0.775. The van der Waals surface area contributed by atoms with E-state index < -0.39 is 0 Å². The van der Waals surface area contributed by atoms with Crippen molar-refractivity contribution in [2.24, 2.45) is 0 Å². The minimum atomic E-state index is -0.183. The van der Waals surface area contributed by atoms with Crippen LogP contribution in [0.15, 0.2) is 36.4 Å². The molecule has 1 heterocycles. The molecule has 0 aliphatic carbocycles. The van der Waals surface area contributed by atoms with Gasteiger partial charge in [-0.1, -0.05) is 47.5 Å². The van der Waals surface area contributed by atoms with E-state index in [-0.39, 0.29) is 12.7 Å². The number of benzene rings is 2. The third-order valence-electron chi connectivity index (χ3n) is 3.26. The maximum Gasteiger partial charge on any atom is 0.131 e. The Hall–Kier alpha value is -1.22. The lowest BCUT2D eigenvalue weighted by atomic mass is 10.0. The van der Waals surface area contributed by atoms with Gasteiger partial charge in [-0.25, -0.2) is 0 Å². The molecule has 0 fully saturated rings. The summed E-state index contributed by atoms with van der Waals surface area (Å²) < 4.78 is 5.78. The predicted molar refractivity (Wildman–Crippen MR) is 77.1 cm³/mol. The summed E-state index contributed by atoms with van der Waals surface area (Å²) in [5.41, 5.74) is 2.73. The number of halogens is 2. The summed E-state index contributed by atoms with van der Waals surface area (Å²) >= 11 is 12.5. The molecule has 0 unspecified atom stereocenters. The number of hydrogen-bond acceptors (Lipinski definition) is 2. The van der Waals surface area contributed by atoms with Crippen molar-refractivity contribution in [2.75, 3.05) is 6.61 Å². The van der Waals surface area contributed by atoms with Gasteiger partial charge in [-0.2, -0.15) is 0 Å². The van der Waals surface area contributed by atoms with Gasteiger partial charge in [0, 0.05) is 17.5 Å². The van der Waals surface area contributed by atoms with E-state index in [4.69, 9.17) is 27.9 Å². The van der Waals surface area contributed by atoms with E-state index in [1.165, 1.54) is 0 Å². The molecule has 1 atom stereocenters. The van der Waals surface area contributed by atoms with Crippen molar-refractivity contribution in [3.63, 3.8) is 0 Å². The lowest BCUT2D eigenvalue weighted by molar-refractivity contribution is 0.135. The van der Waals surface area contributed by atoms with Crippen molar-refractivity contribution in [3.8, 4) is 16.9 Å². The molecule has 0 saturated carbocycles. The van der Waals surface area contributed by atoms with Gasteiger partial charge in [-0.15, -0.1) is 0 Å². The lowest BCUT2D eigenvalue weighted by Gasteiger charge is -2.13. The van der Waals surface area contributed by atoms with Crippen LogP contribution in [-0.4, -0.2) is 17.8 Å². The third kappa shape index (κ3) is 2.20. The number of aliphatic hydroxyl groups is 1. The van der Waals surface area contributed by atoms with Gasteiger partial charge in [0.15, 0.2) is 0 Å². The lowest BCUT2D eigenvalue weighted by Crippen LogP contribution is -2.17. The maximum absolute atomic E-state index is 9.23. The zero-order chi connectivity index (χ0) is 13.4. The van der Waals surface area contributed by atoms with Gasteiger partial charge in [-0.3, -0.25) is 0 Å². The van der Waals surface area contributed by atoms with Gasteiger partial charge in [0.05, 0.1) is 16.7 Å². The largest absolute Gasteiger partial charge is 0.487 e. The molecule has 19 heavy (non-hydrogen) atoms. The van der Waals surface area contributed by atoms with Crippen LogP contribution in [-0.2, 0) is 6.42 Å².